The van der Waals surface area contributed by atoms with Gasteiger partial charge in [-0.1, -0.05) is 35.5 Å². The summed E-state index contributed by atoms with van der Waals surface area (Å²) in [6, 6.07) is 11.4. The molecule has 7 heteroatoms. The Morgan fingerprint density at radius 2 is 2.00 bits per heavy atom. The molecule has 1 aliphatic heterocycles. The first-order valence-electron chi connectivity index (χ1n) is 8.60. The second kappa shape index (κ2) is 7.53. The van der Waals surface area contributed by atoms with Crippen molar-refractivity contribution >= 4 is 5.91 Å². The predicted molar refractivity (Wildman–Crippen MR) is 92.2 cm³/mol. The Morgan fingerprint density at radius 1 is 1.19 bits per heavy atom. The summed E-state index contributed by atoms with van der Waals surface area (Å²) in [5.74, 6) is 1.02. The number of carbonyl (C=O) groups excluding carboxylic acids is 1. The monoisotopic (exact) mass is 353 g/mol. The van der Waals surface area contributed by atoms with E-state index in [2.05, 4.69) is 10.1 Å². The van der Waals surface area contributed by atoms with Gasteiger partial charge in [-0.25, -0.2) is 0 Å². The summed E-state index contributed by atoms with van der Waals surface area (Å²) in [7, 11) is 0. The molecule has 3 heterocycles. The molecule has 0 N–H and O–H groups in total. The number of hydrogen-bond acceptors (Lipinski definition) is 6. The number of rotatable bonds is 5. The van der Waals surface area contributed by atoms with E-state index in [1.165, 1.54) is 12.5 Å². The maximum atomic E-state index is 12.3. The highest BCUT2D eigenvalue weighted by atomic mass is 16.5. The maximum Gasteiger partial charge on any atom is 0.257 e. The van der Waals surface area contributed by atoms with Gasteiger partial charge in [-0.3, -0.25) is 4.79 Å². The first-order chi connectivity index (χ1) is 12.8. The smallest absolute Gasteiger partial charge is 0.257 e. The van der Waals surface area contributed by atoms with Crippen molar-refractivity contribution in [2.75, 3.05) is 13.1 Å². The fourth-order valence-corrected chi connectivity index (χ4v) is 3.00. The summed E-state index contributed by atoms with van der Waals surface area (Å²) < 4.78 is 16.1. The second-order valence-electron chi connectivity index (χ2n) is 6.19. The fraction of sp³-hybridized carbons (Fsp3) is 0.316. The number of aromatic nitrogens is 2. The van der Waals surface area contributed by atoms with E-state index in [-0.39, 0.29) is 18.6 Å². The van der Waals surface area contributed by atoms with Crippen LogP contribution >= 0.6 is 0 Å². The summed E-state index contributed by atoms with van der Waals surface area (Å²) in [5, 5.41) is 3.99. The Balaban J connectivity index is 1.26. The van der Waals surface area contributed by atoms with E-state index in [1.54, 1.807) is 6.07 Å². The molecule has 0 radical (unpaired) electrons. The van der Waals surface area contributed by atoms with Gasteiger partial charge in [0, 0.05) is 18.7 Å². The van der Waals surface area contributed by atoms with Crippen molar-refractivity contribution in [1.82, 2.24) is 15.0 Å². The van der Waals surface area contributed by atoms with Crippen molar-refractivity contribution < 1.29 is 18.5 Å². The quantitative estimate of drug-likeness (QED) is 0.701. The van der Waals surface area contributed by atoms with E-state index < -0.39 is 0 Å². The van der Waals surface area contributed by atoms with Crippen molar-refractivity contribution in [1.29, 1.82) is 0 Å². The van der Waals surface area contributed by atoms with Gasteiger partial charge in [0.15, 0.2) is 0 Å². The van der Waals surface area contributed by atoms with Crippen LogP contribution in [0.3, 0.4) is 0 Å². The van der Waals surface area contributed by atoms with Crippen molar-refractivity contribution in [3.63, 3.8) is 0 Å². The van der Waals surface area contributed by atoms with Gasteiger partial charge in [-0.05, 0) is 18.9 Å². The third-order valence-electron chi connectivity index (χ3n) is 4.44. The number of benzene rings is 1. The number of carbonyl (C=O) groups is 1. The SMILES string of the molecule is O=C(c1ccoc1)N1CCC(OCc2nc(-c3ccccc3)no2)CC1. The van der Waals surface area contributed by atoms with Gasteiger partial charge in [0.05, 0.1) is 17.9 Å². The largest absolute Gasteiger partial charge is 0.472 e. The minimum absolute atomic E-state index is 0.00149. The van der Waals surface area contributed by atoms with Gasteiger partial charge in [0.2, 0.25) is 5.82 Å². The molecule has 0 atom stereocenters. The molecule has 0 saturated carbocycles. The molecule has 0 unspecified atom stereocenters. The third-order valence-corrected chi connectivity index (χ3v) is 4.44. The van der Waals surface area contributed by atoms with Gasteiger partial charge in [-0.15, -0.1) is 0 Å². The van der Waals surface area contributed by atoms with Crippen LogP contribution < -0.4 is 0 Å². The molecule has 134 valence electrons. The molecule has 2 aromatic heterocycles. The van der Waals surface area contributed by atoms with Crippen molar-refractivity contribution in [3.8, 4) is 11.4 Å². The van der Waals surface area contributed by atoms with Crippen LogP contribution in [0.25, 0.3) is 11.4 Å². The normalized spacial score (nSPS) is 15.3. The highest BCUT2D eigenvalue weighted by Gasteiger charge is 2.25. The lowest BCUT2D eigenvalue weighted by Crippen LogP contribution is -2.40. The first kappa shape index (κ1) is 16.5. The Bertz CT molecular complexity index is 837. The summed E-state index contributed by atoms with van der Waals surface area (Å²) in [5.41, 5.74) is 1.50. The zero-order chi connectivity index (χ0) is 17.8. The maximum absolute atomic E-state index is 12.3. The van der Waals surface area contributed by atoms with Crippen LogP contribution in [-0.2, 0) is 11.3 Å². The van der Waals surface area contributed by atoms with Gasteiger partial charge in [0.25, 0.3) is 11.8 Å². The average Bonchev–Trinajstić information content (AvgIpc) is 3.39. The zero-order valence-corrected chi connectivity index (χ0v) is 14.2. The van der Waals surface area contributed by atoms with Crippen LogP contribution in [0.15, 0.2) is 57.9 Å². The highest BCUT2D eigenvalue weighted by molar-refractivity contribution is 5.93. The molecule has 4 rings (SSSR count). The summed E-state index contributed by atoms with van der Waals surface area (Å²) >= 11 is 0. The second-order valence-corrected chi connectivity index (χ2v) is 6.19. The molecular formula is C19H19N3O4. The van der Waals surface area contributed by atoms with Gasteiger partial charge >= 0.3 is 0 Å². The molecule has 1 aromatic carbocycles. The van der Waals surface area contributed by atoms with E-state index in [1.807, 2.05) is 35.2 Å². The number of nitrogens with zero attached hydrogens (tertiary/aromatic N) is 3. The van der Waals surface area contributed by atoms with Gasteiger partial charge in [0.1, 0.15) is 12.9 Å². The van der Waals surface area contributed by atoms with Crippen molar-refractivity contribution in [2.45, 2.75) is 25.6 Å². The summed E-state index contributed by atoms with van der Waals surface area (Å²) in [4.78, 5) is 18.5. The number of hydrogen-bond donors (Lipinski definition) is 0. The number of piperidine rings is 1. The topological polar surface area (TPSA) is 81.6 Å². The lowest BCUT2D eigenvalue weighted by Gasteiger charge is -2.31. The standard InChI is InChI=1S/C19H19N3O4/c23-19(15-8-11-24-12-15)22-9-6-16(7-10-22)25-13-17-20-18(21-26-17)14-4-2-1-3-5-14/h1-5,8,11-12,16H,6-7,9-10,13H2. The van der Waals surface area contributed by atoms with Crippen LogP contribution in [0.2, 0.25) is 0 Å². The number of likely N-dealkylation sites (tertiary alicyclic amines) is 1. The molecular weight excluding hydrogens is 334 g/mol. The van der Waals surface area contributed by atoms with Crippen LogP contribution in [-0.4, -0.2) is 40.1 Å². The molecule has 1 saturated heterocycles. The van der Waals surface area contributed by atoms with E-state index in [0.29, 0.717) is 30.4 Å². The first-order valence-corrected chi connectivity index (χ1v) is 8.60. The molecule has 1 fully saturated rings. The van der Waals surface area contributed by atoms with Crippen LogP contribution in [0, 0.1) is 0 Å². The van der Waals surface area contributed by atoms with E-state index in [4.69, 9.17) is 13.7 Å². The van der Waals surface area contributed by atoms with Gasteiger partial charge in [-0.2, -0.15) is 4.98 Å². The third kappa shape index (κ3) is 3.67. The number of ether oxygens (including phenoxy) is 1. The number of furan rings is 1. The molecule has 1 amide bonds. The van der Waals surface area contributed by atoms with E-state index >= 15 is 0 Å². The Labute approximate surface area is 150 Å². The fourth-order valence-electron chi connectivity index (χ4n) is 3.00. The molecule has 26 heavy (non-hydrogen) atoms. The molecule has 0 bridgehead atoms. The van der Waals surface area contributed by atoms with Crippen LogP contribution in [0.5, 0.6) is 0 Å². The molecule has 0 spiro atoms. The molecule has 0 aliphatic carbocycles. The molecule has 3 aromatic rings. The summed E-state index contributed by atoms with van der Waals surface area (Å²) in [6.45, 7) is 1.60. The Hall–Kier alpha value is -2.93. The minimum atomic E-state index is 0.00149. The highest BCUT2D eigenvalue weighted by Crippen LogP contribution is 2.19. The average molecular weight is 353 g/mol. The zero-order valence-electron chi connectivity index (χ0n) is 14.2. The van der Waals surface area contributed by atoms with Crippen molar-refractivity contribution in [3.05, 3.63) is 60.4 Å². The van der Waals surface area contributed by atoms with E-state index in [9.17, 15) is 4.79 Å². The lowest BCUT2D eigenvalue weighted by molar-refractivity contribution is -0.00979. The lowest BCUT2D eigenvalue weighted by atomic mass is 10.1. The van der Waals surface area contributed by atoms with Gasteiger partial charge < -0.3 is 18.6 Å². The molecule has 7 nitrogen and oxygen atoms in total. The minimum Gasteiger partial charge on any atom is -0.472 e. The summed E-state index contributed by atoms with van der Waals surface area (Å²) in [6.07, 6.45) is 4.63. The molecule has 1 aliphatic rings. The van der Waals surface area contributed by atoms with Crippen LogP contribution in [0.1, 0.15) is 29.1 Å². The Morgan fingerprint density at radius 3 is 2.73 bits per heavy atom. The van der Waals surface area contributed by atoms with E-state index in [0.717, 1.165) is 18.4 Å². The van der Waals surface area contributed by atoms with Crippen molar-refractivity contribution in [2.24, 2.45) is 0 Å². The Kier molecular flexibility index (Phi) is 4.79. The predicted octanol–water partition coefficient (Wildman–Crippen LogP) is 3.15. The van der Waals surface area contributed by atoms with Crippen LogP contribution in [0.4, 0.5) is 0 Å². The number of amides is 1.